The van der Waals surface area contributed by atoms with Crippen LogP contribution in [0.4, 0.5) is 5.69 Å². The minimum Gasteiger partial charge on any atom is -0.329 e. The highest BCUT2D eigenvalue weighted by molar-refractivity contribution is 9.10. The van der Waals surface area contributed by atoms with Crippen molar-refractivity contribution in [2.75, 3.05) is 13.1 Å². The Hall–Kier alpha value is -0.740. The Morgan fingerprint density at radius 3 is 2.68 bits per heavy atom. The summed E-state index contributed by atoms with van der Waals surface area (Å²) in [6.07, 6.45) is 2.32. The fourth-order valence-corrected chi connectivity index (χ4v) is 4.90. The Balaban J connectivity index is 0.00000242. The predicted molar refractivity (Wildman–Crippen MR) is 88.6 cm³/mol. The van der Waals surface area contributed by atoms with E-state index in [1.54, 1.807) is 0 Å². The smallest absolute Gasteiger partial charge is 0.289 e. The van der Waals surface area contributed by atoms with Crippen molar-refractivity contribution in [1.82, 2.24) is 4.31 Å². The van der Waals surface area contributed by atoms with Crippen LogP contribution in [-0.4, -0.2) is 36.8 Å². The Kier molecular flexibility index (Phi) is 6.75. The van der Waals surface area contributed by atoms with Crippen LogP contribution in [0.5, 0.6) is 0 Å². The maximum atomic E-state index is 12.8. The third-order valence-electron chi connectivity index (χ3n) is 3.55. The van der Waals surface area contributed by atoms with Crippen LogP contribution in [0, 0.1) is 10.1 Å². The van der Waals surface area contributed by atoms with Crippen LogP contribution >= 0.6 is 28.3 Å². The van der Waals surface area contributed by atoms with Crippen molar-refractivity contribution in [2.45, 2.75) is 30.2 Å². The molecule has 2 rings (SSSR count). The third kappa shape index (κ3) is 3.77. The summed E-state index contributed by atoms with van der Waals surface area (Å²) in [4.78, 5) is 10.1. The molecule has 1 aliphatic heterocycles. The summed E-state index contributed by atoms with van der Waals surface area (Å²) in [6, 6.07) is 3.62. The van der Waals surface area contributed by atoms with Gasteiger partial charge in [-0.3, -0.25) is 10.1 Å². The zero-order chi connectivity index (χ0) is 15.6. The zero-order valence-electron chi connectivity index (χ0n) is 11.6. The van der Waals surface area contributed by atoms with Crippen molar-refractivity contribution in [1.29, 1.82) is 0 Å². The van der Waals surface area contributed by atoms with Gasteiger partial charge in [0, 0.05) is 29.7 Å². The minimum atomic E-state index is -3.94. The molecule has 7 nitrogen and oxygen atoms in total. The fourth-order valence-electron chi connectivity index (χ4n) is 2.50. The molecule has 124 valence electrons. The maximum absolute atomic E-state index is 12.8. The van der Waals surface area contributed by atoms with Crippen LogP contribution in [0.1, 0.15) is 19.3 Å². The van der Waals surface area contributed by atoms with Gasteiger partial charge in [0.2, 0.25) is 10.0 Å². The number of benzene rings is 1. The van der Waals surface area contributed by atoms with Gasteiger partial charge in [0.1, 0.15) is 0 Å². The van der Waals surface area contributed by atoms with Crippen LogP contribution < -0.4 is 5.73 Å². The molecular weight excluding hydrogens is 398 g/mol. The van der Waals surface area contributed by atoms with Crippen molar-refractivity contribution in [2.24, 2.45) is 5.73 Å². The van der Waals surface area contributed by atoms with E-state index in [4.69, 9.17) is 5.73 Å². The molecule has 0 aromatic heterocycles. The second kappa shape index (κ2) is 7.69. The molecule has 0 saturated carbocycles. The van der Waals surface area contributed by atoms with Gasteiger partial charge >= 0.3 is 0 Å². The van der Waals surface area contributed by atoms with Gasteiger partial charge in [-0.2, -0.15) is 4.31 Å². The summed E-state index contributed by atoms with van der Waals surface area (Å²) >= 11 is 3.16. The number of nitrogens with two attached hydrogens (primary N) is 1. The first-order valence-corrected chi connectivity index (χ1v) is 8.77. The summed E-state index contributed by atoms with van der Waals surface area (Å²) < 4.78 is 27.3. The van der Waals surface area contributed by atoms with Crippen molar-refractivity contribution in [3.63, 3.8) is 0 Å². The van der Waals surface area contributed by atoms with Crippen molar-refractivity contribution < 1.29 is 13.3 Å². The molecular formula is C12H17BrClN3O4S. The van der Waals surface area contributed by atoms with E-state index < -0.39 is 20.6 Å². The molecule has 1 aromatic carbocycles. The lowest BCUT2D eigenvalue weighted by Crippen LogP contribution is -2.47. The second-order valence-corrected chi connectivity index (χ2v) is 7.64. The van der Waals surface area contributed by atoms with Crippen LogP contribution in [-0.2, 0) is 10.0 Å². The van der Waals surface area contributed by atoms with Crippen LogP contribution in [0.3, 0.4) is 0 Å². The normalized spacial score (nSPS) is 19.5. The summed E-state index contributed by atoms with van der Waals surface area (Å²) in [6.45, 7) is 0.550. The van der Waals surface area contributed by atoms with E-state index in [0.717, 1.165) is 12.8 Å². The molecule has 0 aliphatic carbocycles. The number of hydrogen-bond acceptors (Lipinski definition) is 5. The Morgan fingerprint density at radius 1 is 1.41 bits per heavy atom. The molecule has 1 saturated heterocycles. The molecule has 0 radical (unpaired) electrons. The van der Waals surface area contributed by atoms with Crippen LogP contribution in [0.15, 0.2) is 27.6 Å². The van der Waals surface area contributed by atoms with E-state index in [9.17, 15) is 18.5 Å². The van der Waals surface area contributed by atoms with Gasteiger partial charge in [0.25, 0.3) is 5.69 Å². The van der Waals surface area contributed by atoms with Gasteiger partial charge in [0.05, 0.1) is 4.92 Å². The zero-order valence-corrected chi connectivity index (χ0v) is 14.9. The molecule has 1 aliphatic rings. The minimum absolute atomic E-state index is 0. The van der Waals surface area contributed by atoms with E-state index in [-0.39, 0.29) is 29.9 Å². The fraction of sp³-hybridized carbons (Fsp3) is 0.500. The van der Waals surface area contributed by atoms with Gasteiger partial charge in [-0.25, -0.2) is 8.42 Å². The molecule has 1 atom stereocenters. The largest absolute Gasteiger partial charge is 0.329 e. The Labute approximate surface area is 143 Å². The first kappa shape index (κ1) is 19.3. The standard InChI is InChI=1S/C12H16BrN3O4S.ClH/c13-9-4-5-11(16(17)18)12(7-9)21(19,20)15-6-2-1-3-10(15)8-14;/h4-5,7,10H,1-3,6,8,14H2;1H. The molecule has 1 fully saturated rings. The number of hydrogen-bond donors (Lipinski definition) is 1. The average molecular weight is 415 g/mol. The topological polar surface area (TPSA) is 107 Å². The summed E-state index contributed by atoms with van der Waals surface area (Å²) in [5.41, 5.74) is 5.23. The molecule has 1 unspecified atom stereocenters. The first-order chi connectivity index (χ1) is 9.87. The van der Waals surface area contributed by atoms with Crippen LogP contribution in [0.25, 0.3) is 0 Å². The lowest BCUT2D eigenvalue weighted by atomic mass is 10.1. The molecule has 0 spiro atoms. The van der Waals surface area contributed by atoms with Crippen molar-refractivity contribution in [3.05, 3.63) is 32.8 Å². The number of halogens is 2. The van der Waals surface area contributed by atoms with Crippen molar-refractivity contribution >= 4 is 44.0 Å². The highest BCUT2D eigenvalue weighted by Gasteiger charge is 2.36. The number of nitro benzene ring substituents is 1. The van der Waals surface area contributed by atoms with E-state index in [1.807, 2.05) is 0 Å². The van der Waals surface area contributed by atoms with E-state index >= 15 is 0 Å². The number of piperidine rings is 1. The highest BCUT2D eigenvalue weighted by atomic mass is 79.9. The predicted octanol–water partition coefficient (Wildman–Crippen LogP) is 2.28. The van der Waals surface area contributed by atoms with E-state index in [2.05, 4.69) is 15.9 Å². The molecule has 10 heteroatoms. The van der Waals surface area contributed by atoms with Gasteiger partial charge < -0.3 is 5.73 Å². The van der Waals surface area contributed by atoms with Gasteiger partial charge in [-0.1, -0.05) is 22.4 Å². The number of nitrogens with zero attached hydrogens (tertiary/aromatic N) is 2. The van der Waals surface area contributed by atoms with E-state index in [1.165, 1.54) is 22.5 Å². The first-order valence-electron chi connectivity index (χ1n) is 6.53. The molecule has 1 heterocycles. The average Bonchev–Trinajstić information content (AvgIpc) is 2.46. The molecule has 0 amide bonds. The lowest BCUT2D eigenvalue weighted by Gasteiger charge is -2.33. The van der Waals surface area contributed by atoms with Gasteiger partial charge in [-0.05, 0) is 25.0 Å². The van der Waals surface area contributed by atoms with Crippen molar-refractivity contribution in [3.8, 4) is 0 Å². The SMILES string of the molecule is Cl.NCC1CCCCN1S(=O)(=O)c1cc(Br)ccc1[N+](=O)[O-]. The third-order valence-corrected chi connectivity index (χ3v) is 6.02. The monoisotopic (exact) mass is 413 g/mol. The maximum Gasteiger partial charge on any atom is 0.289 e. The summed E-state index contributed by atoms with van der Waals surface area (Å²) in [5.74, 6) is 0. The number of sulfonamides is 1. The second-order valence-electron chi connectivity index (χ2n) is 4.87. The van der Waals surface area contributed by atoms with E-state index in [0.29, 0.717) is 17.4 Å². The summed E-state index contributed by atoms with van der Waals surface area (Å²) in [7, 11) is -3.94. The number of nitro groups is 1. The quantitative estimate of drug-likeness (QED) is 0.601. The molecule has 2 N–H and O–H groups in total. The molecule has 0 bridgehead atoms. The molecule has 1 aromatic rings. The lowest BCUT2D eigenvalue weighted by molar-refractivity contribution is -0.387. The highest BCUT2D eigenvalue weighted by Crippen LogP contribution is 2.32. The van der Waals surface area contributed by atoms with Crippen LogP contribution in [0.2, 0.25) is 0 Å². The Bertz CT molecular complexity index is 656. The Morgan fingerprint density at radius 2 is 2.09 bits per heavy atom. The number of rotatable bonds is 4. The van der Waals surface area contributed by atoms with Gasteiger partial charge in [0.15, 0.2) is 4.90 Å². The molecule has 22 heavy (non-hydrogen) atoms. The summed E-state index contributed by atoms with van der Waals surface area (Å²) in [5, 5.41) is 11.1. The van der Waals surface area contributed by atoms with Gasteiger partial charge in [-0.15, -0.1) is 12.4 Å².